The Morgan fingerprint density at radius 1 is 0.943 bits per heavy atom. The van der Waals surface area contributed by atoms with Crippen molar-refractivity contribution in [2.24, 2.45) is 0 Å². The van der Waals surface area contributed by atoms with Crippen LogP contribution in [0.4, 0.5) is 30.7 Å². The minimum absolute atomic E-state index is 0.0669. The highest BCUT2D eigenvalue weighted by molar-refractivity contribution is 7.93. The van der Waals surface area contributed by atoms with Gasteiger partial charge in [-0.1, -0.05) is 25.3 Å². The normalized spacial score (nSPS) is 16.7. The van der Waals surface area contributed by atoms with Crippen LogP contribution in [0.3, 0.4) is 0 Å². The van der Waals surface area contributed by atoms with E-state index in [0.717, 1.165) is 18.2 Å². The molecule has 0 aromatic heterocycles. The summed E-state index contributed by atoms with van der Waals surface area (Å²) < 4.78 is 117. The molecule has 1 amide bonds. The van der Waals surface area contributed by atoms with Crippen molar-refractivity contribution in [2.75, 3.05) is 6.54 Å². The Balaban J connectivity index is 1.96. The van der Waals surface area contributed by atoms with Crippen molar-refractivity contribution in [3.63, 3.8) is 0 Å². The van der Waals surface area contributed by atoms with E-state index in [9.17, 15) is 49.1 Å². The number of sulfone groups is 1. The number of nitrogens with one attached hydrogen (secondary N) is 1. The number of amides is 1. The summed E-state index contributed by atoms with van der Waals surface area (Å²) in [5, 5.41) is 12.4. The van der Waals surface area contributed by atoms with Crippen LogP contribution < -0.4 is 5.32 Å². The average molecular weight is 527 g/mol. The number of rotatable bonds is 5. The number of carbonyl (C=O) groups is 1. The number of phenols is 1. The molecule has 13 heteroatoms. The zero-order valence-corrected chi connectivity index (χ0v) is 18.7. The standard InChI is InChI=1S/C22H20F7NO4S/c23-16-8-7-13(11-15(16)22(27,28)29)19(32)30-12-20(9-2-1-3-10-20)35(33,34)17-6-4-5-14(18(17)31)21(24,25)26/h4-8,11,31H,1-3,9-10,12H2,(H,30,32). The van der Waals surface area contributed by atoms with Crippen LogP contribution in [-0.4, -0.2) is 30.7 Å². The van der Waals surface area contributed by atoms with E-state index in [1.165, 1.54) is 0 Å². The van der Waals surface area contributed by atoms with E-state index in [0.29, 0.717) is 31.4 Å². The van der Waals surface area contributed by atoms with E-state index in [2.05, 4.69) is 5.32 Å². The van der Waals surface area contributed by atoms with Crippen molar-refractivity contribution in [2.45, 2.75) is 54.1 Å². The van der Waals surface area contributed by atoms with Crippen molar-refractivity contribution in [3.05, 3.63) is 58.9 Å². The molecule has 2 aromatic rings. The summed E-state index contributed by atoms with van der Waals surface area (Å²) in [5.74, 6) is -4.19. The van der Waals surface area contributed by atoms with Crippen LogP contribution in [-0.2, 0) is 22.2 Å². The summed E-state index contributed by atoms with van der Waals surface area (Å²) >= 11 is 0. The van der Waals surface area contributed by atoms with E-state index in [4.69, 9.17) is 0 Å². The number of alkyl halides is 6. The van der Waals surface area contributed by atoms with Gasteiger partial charge in [-0.25, -0.2) is 12.8 Å². The van der Waals surface area contributed by atoms with Crippen LogP contribution >= 0.6 is 0 Å². The maximum absolute atomic E-state index is 13.5. The van der Waals surface area contributed by atoms with Crippen LogP contribution in [0.25, 0.3) is 0 Å². The molecule has 192 valence electrons. The second-order valence-corrected chi connectivity index (χ2v) is 10.6. The highest BCUT2D eigenvalue weighted by atomic mass is 32.2. The molecule has 3 rings (SSSR count). The quantitative estimate of drug-likeness (QED) is 0.505. The molecule has 0 aliphatic heterocycles. The molecular formula is C22H20F7NO4S. The minimum atomic E-state index is -5.07. The lowest BCUT2D eigenvalue weighted by molar-refractivity contribution is -0.140. The second kappa shape index (κ2) is 9.32. The fourth-order valence-electron chi connectivity index (χ4n) is 4.16. The molecule has 35 heavy (non-hydrogen) atoms. The van der Waals surface area contributed by atoms with Gasteiger partial charge >= 0.3 is 12.4 Å². The summed E-state index contributed by atoms with van der Waals surface area (Å²) in [6.45, 7) is -0.636. The molecule has 1 aliphatic rings. The third kappa shape index (κ3) is 5.24. The Morgan fingerprint density at radius 3 is 2.11 bits per heavy atom. The molecule has 0 unspecified atom stereocenters. The Hall–Kier alpha value is -2.83. The first kappa shape index (κ1) is 26.8. The third-order valence-electron chi connectivity index (χ3n) is 6.03. The molecule has 2 aromatic carbocycles. The SMILES string of the molecule is O=C(NCC1(S(=O)(=O)c2cccc(C(F)(F)F)c2O)CCCCC1)c1ccc(F)c(C(F)(F)F)c1. The maximum Gasteiger partial charge on any atom is 0.419 e. The lowest BCUT2D eigenvalue weighted by Crippen LogP contribution is -2.50. The molecule has 0 atom stereocenters. The average Bonchev–Trinajstić information content (AvgIpc) is 2.76. The smallest absolute Gasteiger partial charge is 0.419 e. The number of para-hydroxylation sites is 1. The molecule has 2 N–H and O–H groups in total. The van der Waals surface area contributed by atoms with Crippen molar-refractivity contribution in [1.82, 2.24) is 5.32 Å². The highest BCUT2D eigenvalue weighted by Crippen LogP contribution is 2.45. The molecule has 0 bridgehead atoms. The topological polar surface area (TPSA) is 83.5 Å². The van der Waals surface area contributed by atoms with Crippen molar-refractivity contribution in [1.29, 1.82) is 0 Å². The van der Waals surface area contributed by atoms with Crippen molar-refractivity contribution >= 4 is 15.7 Å². The molecule has 1 fully saturated rings. The van der Waals surface area contributed by atoms with Crippen LogP contribution in [0.1, 0.15) is 53.6 Å². The van der Waals surface area contributed by atoms with E-state index in [1.807, 2.05) is 0 Å². The largest absolute Gasteiger partial charge is 0.506 e. The zero-order chi connectivity index (χ0) is 26.2. The number of hydrogen-bond donors (Lipinski definition) is 2. The monoisotopic (exact) mass is 527 g/mol. The Labute approximate surface area is 195 Å². The van der Waals surface area contributed by atoms with Crippen LogP contribution in [0.15, 0.2) is 41.3 Å². The fraction of sp³-hybridized carbons (Fsp3) is 0.409. The number of aromatic hydroxyl groups is 1. The van der Waals surface area contributed by atoms with E-state index in [-0.39, 0.29) is 18.9 Å². The zero-order valence-electron chi connectivity index (χ0n) is 17.9. The second-order valence-electron chi connectivity index (χ2n) is 8.27. The van der Waals surface area contributed by atoms with Gasteiger partial charge < -0.3 is 10.4 Å². The molecule has 1 aliphatic carbocycles. The predicted octanol–water partition coefficient (Wildman–Crippen LogP) is 5.48. The lowest BCUT2D eigenvalue weighted by Gasteiger charge is -2.37. The van der Waals surface area contributed by atoms with Gasteiger partial charge in [-0.3, -0.25) is 4.79 Å². The number of benzene rings is 2. The summed E-state index contributed by atoms with van der Waals surface area (Å²) in [6, 6.07) is 3.71. The van der Waals surface area contributed by atoms with Gasteiger partial charge in [0.25, 0.3) is 5.91 Å². The Bertz CT molecular complexity index is 1220. The minimum Gasteiger partial charge on any atom is -0.506 e. The lowest BCUT2D eigenvalue weighted by atomic mass is 9.88. The van der Waals surface area contributed by atoms with E-state index < -0.39 is 72.5 Å². The van der Waals surface area contributed by atoms with Gasteiger partial charge in [0, 0.05) is 12.1 Å². The van der Waals surface area contributed by atoms with Crippen LogP contribution in [0.5, 0.6) is 5.75 Å². The molecule has 0 radical (unpaired) electrons. The predicted molar refractivity (Wildman–Crippen MR) is 110 cm³/mol. The highest BCUT2D eigenvalue weighted by Gasteiger charge is 2.48. The van der Waals surface area contributed by atoms with Gasteiger partial charge in [-0.15, -0.1) is 0 Å². The summed E-state index contributed by atoms with van der Waals surface area (Å²) in [6.07, 6.45) is -8.91. The molecule has 1 saturated carbocycles. The fourth-order valence-corrected chi connectivity index (χ4v) is 6.34. The van der Waals surface area contributed by atoms with Crippen molar-refractivity contribution < 1.29 is 49.1 Å². The summed E-state index contributed by atoms with van der Waals surface area (Å²) in [4.78, 5) is 11.6. The van der Waals surface area contributed by atoms with Crippen LogP contribution in [0.2, 0.25) is 0 Å². The van der Waals surface area contributed by atoms with Gasteiger partial charge in [0.15, 0.2) is 9.84 Å². The van der Waals surface area contributed by atoms with E-state index >= 15 is 0 Å². The Morgan fingerprint density at radius 2 is 1.54 bits per heavy atom. The van der Waals surface area contributed by atoms with Crippen LogP contribution in [0, 0.1) is 5.82 Å². The van der Waals surface area contributed by atoms with Crippen molar-refractivity contribution in [3.8, 4) is 5.75 Å². The maximum atomic E-state index is 13.5. The molecule has 5 nitrogen and oxygen atoms in total. The van der Waals surface area contributed by atoms with Gasteiger partial charge in [0.1, 0.15) is 16.5 Å². The molecule has 0 heterocycles. The van der Waals surface area contributed by atoms with Gasteiger partial charge in [0.05, 0.1) is 15.9 Å². The summed E-state index contributed by atoms with van der Waals surface area (Å²) in [7, 11) is -4.66. The van der Waals surface area contributed by atoms with Gasteiger partial charge in [-0.2, -0.15) is 26.3 Å². The molecular weight excluding hydrogens is 507 g/mol. The molecule has 0 saturated heterocycles. The van der Waals surface area contributed by atoms with Gasteiger partial charge in [0.2, 0.25) is 0 Å². The molecule has 0 spiro atoms. The third-order valence-corrected chi connectivity index (χ3v) is 8.63. The number of carbonyl (C=O) groups excluding carboxylic acids is 1. The Kier molecular flexibility index (Phi) is 7.13. The number of hydrogen-bond acceptors (Lipinski definition) is 4. The first-order chi connectivity index (χ1) is 16.1. The first-order valence-corrected chi connectivity index (χ1v) is 11.9. The summed E-state index contributed by atoms with van der Waals surface area (Å²) in [5.41, 5.74) is -3.80. The van der Waals surface area contributed by atoms with E-state index in [1.54, 1.807) is 0 Å². The number of phenolic OH excluding ortho intramolecular Hbond substituents is 1. The van der Waals surface area contributed by atoms with Gasteiger partial charge in [-0.05, 0) is 43.2 Å². The number of halogens is 7. The first-order valence-electron chi connectivity index (χ1n) is 10.4.